The number of carbonyl (C=O) groups excluding carboxylic acids is 2. The van der Waals surface area contributed by atoms with Crippen LogP contribution in [0, 0.1) is 13.8 Å². The number of methoxy groups -OCH3 is 1. The highest BCUT2D eigenvalue weighted by molar-refractivity contribution is 6.32. The van der Waals surface area contributed by atoms with Crippen molar-refractivity contribution in [1.29, 1.82) is 0 Å². The van der Waals surface area contributed by atoms with Crippen molar-refractivity contribution in [3.63, 3.8) is 0 Å². The molecule has 174 valence electrons. The highest BCUT2D eigenvalue weighted by Gasteiger charge is 2.27. The molecule has 0 bridgehead atoms. The summed E-state index contributed by atoms with van der Waals surface area (Å²) >= 11 is 6.22. The second-order valence-electron chi connectivity index (χ2n) is 8.02. The molecule has 0 unspecified atom stereocenters. The van der Waals surface area contributed by atoms with E-state index in [1.54, 1.807) is 26.2 Å². The highest BCUT2D eigenvalue weighted by atomic mass is 35.5. The van der Waals surface area contributed by atoms with Crippen molar-refractivity contribution in [2.75, 3.05) is 13.7 Å². The molecule has 2 amide bonds. The van der Waals surface area contributed by atoms with Crippen LogP contribution in [0.25, 0.3) is 0 Å². The molecule has 0 aliphatic carbocycles. The SMILES string of the molecule is CC[C@@H](C)NC(=O)[C@H](C)N(Cc1ccc(OC)cc1)C(=O)COc1cc(C)c(Cl)c(C)c1. The first kappa shape index (κ1) is 25.5. The summed E-state index contributed by atoms with van der Waals surface area (Å²) in [7, 11) is 1.60. The van der Waals surface area contributed by atoms with Gasteiger partial charge in [-0.15, -0.1) is 0 Å². The van der Waals surface area contributed by atoms with Crippen LogP contribution in [0.1, 0.15) is 43.9 Å². The van der Waals surface area contributed by atoms with E-state index in [2.05, 4.69) is 5.32 Å². The van der Waals surface area contributed by atoms with E-state index in [-0.39, 0.29) is 31.0 Å². The van der Waals surface area contributed by atoms with Gasteiger partial charge in [0.1, 0.15) is 17.5 Å². The van der Waals surface area contributed by atoms with Crippen molar-refractivity contribution in [1.82, 2.24) is 10.2 Å². The van der Waals surface area contributed by atoms with Gasteiger partial charge in [-0.05, 0) is 75.1 Å². The van der Waals surface area contributed by atoms with Crippen molar-refractivity contribution in [3.05, 3.63) is 58.1 Å². The van der Waals surface area contributed by atoms with Gasteiger partial charge in [0, 0.05) is 17.6 Å². The van der Waals surface area contributed by atoms with E-state index in [0.29, 0.717) is 10.8 Å². The second-order valence-corrected chi connectivity index (χ2v) is 8.40. The lowest BCUT2D eigenvalue weighted by Crippen LogP contribution is -2.50. The monoisotopic (exact) mass is 460 g/mol. The van der Waals surface area contributed by atoms with Gasteiger partial charge in [-0.3, -0.25) is 9.59 Å². The molecule has 0 radical (unpaired) electrons. The van der Waals surface area contributed by atoms with Crippen molar-refractivity contribution in [3.8, 4) is 11.5 Å². The molecule has 0 fully saturated rings. The average molecular weight is 461 g/mol. The molecule has 32 heavy (non-hydrogen) atoms. The smallest absolute Gasteiger partial charge is 0.261 e. The summed E-state index contributed by atoms with van der Waals surface area (Å²) in [6.45, 7) is 9.55. The summed E-state index contributed by atoms with van der Waals surface area (Å²) in [5.74, 6) is 0.821. The maximum Gasteiger partial charge on any atom is 0.261 e. The predicted octanol–water partition coefficient (Wildman–Crippen LogP) is 4.68. The fourth-order valence-electron chi connectivity index (χ4n) is 3.19. The Hall–Kier alpha value is -2.73. The van der Waals surface area contributed by atoms with Gasteiger partial charge >= 0.3 is 0 Å². The second kappa shape index (κ2) is 11.8. The van der Waals surface area contributed by atoms with Gasteiger partial charge in [0.05, 0.1) is 7.11 Å². The van der Waals surface area contributed by atoms with Crippen LogP contribution in [-0.4, -0.2) is 42.5 Å². The Morgan fingerprint density at radius 2 is 1.66 bits per heavy atom. The van der Waals surface area contributed by atoms with Crippen LogP contribution in [0.3, 0.4) is 0 Å². The first-order valence-electron chi connectivity index (χ1n) is 10.8. The first-order chi connectivity index (χ1) is 15.2. The minimum absolute atomic E-state index is 0.0270. The fraction of sp³-hybridized carbons (Fsp3) is 0.440. The molecular formula is C25H33ClN2O4. The first-order valence-corrected chi connectivity index (χ1v) is 11.2. The van der Waals surface area contributed by atoms with E-state index in [9.17, 15) is 9.59 Å². The van der Waals surface area contributed by atoms with Crippen molar-refractivity contribution < 1.29 is 19.1 Å². The topological polar surface area (TPSA) is 67.9 Å². The summed E-state index contributed by atoms with van der Waals surface area (Å²) < 4.78 is 11.0. The molecule has 0 aromatic heterocycles. The Morgan fingerprint density at radius 3 is 2.19 bits per heavy atom. The number of amides is 2. The molecule has 0 aliphatic heterocycles. The Morgan fingerprint density at radius 1 is 1.06 bits per heavy atom. The molecule has 0 saturated heterocycles. The molecule has 1 N–H and O–H groups in total. The zero-order valence-electron chi connectivity index (χ0n) is 19.7. The minimum Gasteiger partial charge on any atom is -0.497 e. The van der Waals surface area contributed by atoms with Crippen LogP contribution in [0.2, 0.25) is 5.02 Å². The van der Waals surface area contributed by atoms with Gasteiger partial charge in [-0.25, -0.2) is 0 Å². The molecule has 0 heterocycles. The van der Waals surface area contributed by atoms with Gasteiger partial charge in [-0.1, -0.05) is 30.7 Å². The third-order valence-corrected chi connectivity index (χ3v) is 6.05. The third-order valence-electron chi connectivity index (χ3n) is 5.45. The molecule has 6 nitrogen and oxygen atoms in total. The summed E-state index contributed by atoms with van der Waals surface area (Å²) in [6.07, 6.45) is 0.809. The zero-order chi connectivity index (χ0) is 23.8. The largest absolute Gasteiger partial charge is 0.497 e. The van der Waals surface area contributed by atoms with Crippen LogP contribution < -0.4 is 14.8 Å². The van der Waals surface area contributed by atoms with Crippen LogP contribution in [0.5, 0.6) is 11.5 Å². The number of hydrogen-bond acceptors (Lipinski definition) is 4. The number of rotatable bonds is 10. The number of ether oxygens (including phenoxy) is 2. The average Bonchev–Trinajstić information content (AvgIpc) is 2.78. The summed E-state index contributed by atoms with van der Waals surface area (Å²) in [4.78, 5) is 27.5. The van der Waals surface area contributed by atoms with E-state index in [4.69, 9.17) is 21.1 Å². The lowest BCUT2D eigenvalue weighted by atomic mass is 10.1. The number of carbonyl (C=O) groups is 2. The van der Waals surface area contributed by atoms with Gasteiger partial charge in [0.2, 0.25) is 5.91 Å². The Labute approximate surface area is 195 Å². The molecule has 2 aromatic rings. The maximum atomic E-state index is 13.2. The summed E-state index contributed by atoms with van der Waals surface area (Å²) in [6, 6.07) is 10.4. The quantitative estimate of drug-likeness (QED) is 0.559. The highest BCUT2D eigenvalue weighted by Crippen LogP contribution is 2.26. The minimum atomic E-state index is -0.657. The third kappa shape index (κ3) is 6.89. The van der Waals surface area contributed by atoms with E-state index in [1.165, 1.54) is 4.90 Å². The van der Waals surface area contributed by atoms with Gasteiger partial charge in [-0.2, -0.15) is 0 Å². The standard InChI is InChI=1S/C25H33ClN2O4/c1-7-18(4)27-25(30)19(5)28(14-20-8-10-21(31-6)11-9-20)23(29)15-32-22-12-16(2)24(26)17(3)13-22/h8-13,18-19H,7,14-15H2,1-6H3,(H,27,30)/t18-,19+/m1/s1. The van der Waals surface area contributed by atoms with Gasteiger partial charge in [0.15, 0.2) is 6.61 Å². The van der Waals surface area contributed by atoms with Crippen molar-refractivity contribution in [2.45, 2.75) is 59.7 Å². The van der Waals surface area contributed by atoms with Crippen molar-refractivity contribution >= 4 is 23.4 Å². The fourth-order valence-corrected chi connectivity index (χ4v) is 3.30. The zero-order valence-corrected chi connectivity index (χ0v) is 20.5. The number of nitrogens with zero attached hydrogens (tertiary/aromatic N) is 1. The lowest BCUT2D eigenvalue weighted by molar-refractivity contribution is -0.142. The summed E-state index contributed by atoms with van der Waals surface area (Å²) in [5.41, 5.74) is 2.65. The van der Waals surface area contributed by atoms with Gasteiger partial charge < -0.3 is 19.7 Å². The van der Waals surface area contributed by atoms with Crippen LogP contribution in [-0.2, 0) is 16.1 Å². The van der Waals surface area contributed by atoms with E-state index < -0.39 is 6.04 Å². The number of nitrogens with one attached hydrogen (secondary N) is 1. The maximum absolute atomic E-state index is 13.2. The molecule has 7 heteroatoms. The number of aryl methyl sites for hydroxylation is 2. The van der Waals surface area contributed by atoms with Crippen LogP contribution >= 0.6 is 11.6 Å². The predicted molar refractivity (Wildman–Crippen MR) is 127 cm³/mol. The van der Waals surface area contributed by atoms with E-state index in [0.717, 1.165) is 28.9 Å². The molecule has 0 spiro atoms. The Bertz CT molecular complexity index is 907. The molecule has 2 rings (SSSR count). The van der Waals surface area contributed by atoms with Crippen LogP contribution in [0.15, 0.2) is 36.4 Å². The molecule has 0 saturated carbocycles. The Kier molecular flexibility index (Phi) is 9.39. The lowest BCUT2D eigenvalue weighted by Gasteiger charge is -2.29. The van der Waals surface area contributed by atoms with Crippen molar-refractivity contribution in [2.24, 2.45) is 0 Å². The number of benzene rings is 2. The molecule has 2 atom stereocenters. The van der Waals surface area contributed by atoms with E-state index in [1.807, 2.05) is 52.0 Å². The summed E-state index contributed by atoms with van der Waals surface area (Å²) in [5, 5.41) is 3.64. The number of halogens is 1. The van der Waals surface area contributed by atoms with Crippen LogP contribution in [0.4, 0.5) is 0 Å². The normalized spacial score (nSPS) is 12.6. The van der Waals surface area contributed by atoms with E-state index >= 15 is 0 Å². The van der Waals surface area contributed by atoms with Gasteiger partial charge in [0.25, 0.3) is 5.91 Å². The number of hydrogen-bond donors (Lipinski definition) is 1. The molecule has 2 aromatic carbocycles. The Balaban J connectivity index is 2.19. The molecule has 0 aliphatic rings. The molecular weight excluding hydrogens is 428 g/mol.